The van der Waals surface area contributed by atoms with Gasteiger partial charge in [-0.25, -0.2) is 0 Å². The van der Waals surface area contributed by atoms with Gasteiger partial charge in [-0.2, -0.15) is 4.98 Å². The Morgan fingerprint density at radius 3 is 2.73 bits per heavy atom. The third-order valence-electron chi connectivity index (χ3n) is 5.86. The van der Waals surface area contributed by atoms with E-state index in [-0.39, 0.29) is 17.9 Å². The Morgan fingerprint density at radius 2 is 2.00 bits per heavy atom. The Balaban J connectivity index is 1.31. The average Bonchev–Trinajstić information content (AvgIpc) is 3.28. The highest BCUT2D eigenvalue weighted by molar-refractivity contribution is 6.30. The Hall–Kier alpha value is -2.90. The van der Waals surface area contributed by atoms with E-state index in [4.69, 9.17) is 20.9 Å². The molecule has 1 fully saturated rings. The molecule has 1 N–H and O–H groups in total. The molecule has 0 bridgehead atoms. The first-order valence-corrected chi connectivity index (χ1v) is 11.7. The number of halogens is 1. The lowest BCUT2D eigenvalue weighted by atomic mass is 9.96. The van der Waals surface area contributed by atoms with E-state index in [1.165, 1.54) is 0 Å². The van der Waals surface area contributed by atoms with Crippen LogP contribution in [0.1, 0.15) is 44.2 Å². The summed E-state index contributed by atoms with van der Waals surface area (Å²) < 4.78 is 10.9. The minimum atomic E-state index is -0.0681. The summed E-state index contributed by atoms with van der Waals surface area (Å²) in [6.07, 6.45) is 1.83. The maximum Gasteiger partial charge on any atom is 0.241 e. The fraction of sp³-hybridized carbons (Fsp3) is 0.400. The summed E-state index contributed by atoms with van der Waals surface area (Å²) in [5.74, 6) is 1.93. The van der Waals surface area contributed by atoms with E-state index in [0.717, 1.165) is 36.3 Å². The number of hydrogen-bond donors (Lipinski definition) is 1. The van der Waals surface area contributed by atoms with Gasteiger partial charge in [-0.05, 0) is 75.2 Å². The molecule has 0 radical (unpaired) electrons. The van der Waals surface area contributed by atoms with Gasteiger partial charge in [0.15, 0.2) is 0 Å². The molecule has 2 atom stereocenters. The predicted octanol–water partition coefficient (Wildman–Crippen LogP) is 4.88. The van der Waals surface area contributed by atoms with Crippen LogP contribution in [0.5, 0.6) is 5.75 Å². The van der Waals surface area contributed by atoms with Crippen molar-refractivity contribution < 1.29 is 14.1 Å². The molecule has 3 aromatic rings. The summed E-state index contributed by atoms with van der Waals surface area (Å²) in [5.41, 5.74) is 1.91. The van der Waals surface area contributed by atoms with Gasteiger partial charge in [0, 0.05) is 17.1 Å². The van der Waals surface area contributed by atoms with Crippen molar-refractivity contribution >= 4 is 17.5 Å². The van der Waals surface area contributed by atoms with Crippen molar-refractivity contribution in [3.8, 4) is 17.1 Å². The van der Waals surface area contributed by atoms with Crippen LogP contribution in [0.15, 0.2) is 53.1 Å². The van der Waals surface area contributed by atoms with Gasteiger partial charge in [-0.15, -0.1) is 0 Å². The molecule has 7 nitrogen and oxygen atoms in total. The zero-order valence-corrected chi connectivity index (χ0v) is 19.7. The third kappa shape index (κ3) is 6.12. The first-order valence-electron chi connectivity index (χ1n) is 11.4. The van der Waals surface area contributed by atoms with Gasteiger partial charge in [0.1, 0.15) is 5.75 Å². The molecule has 0 spiro atoms. The molecule has 8 heteroatoms. The van der Waals surface area contributed by atoms with Crippen LogP contribution in [-0.2, 0) is 11.3 Å². The van der Waals surface area contributed by atoms with Crippen LogP contribution in [0.25, 0.3) is 11.4 Å². The number of aromatic nitrogens is 2. The average molecular weight is 469 g/mol. The van der Waals surface area contributed by atoms with Crippen molar-refractivity contribution in [3.63, 3.8) is 0 Å². The van der Waals surface area contributed by atoms with Crippen molar-refractivity contribution in [2.75, 3.05) is 19.7 Å². The van der Waals surface area contributed by atoms with E-state index >= 15 is 0 Å². The number of benzene rings is 2. The highest BCUT2D eigenvalue weighted by Gasteiger charge is 2.28. The maximum absolute atomic E-state index is 12.9. The van der Waals surface area contributed by atoms with Crippen LogP contribution in [0.4, 0.5) is 0 Å². The lowest BCUT2D eigenvalue weighted by Crippen LogP contribution is -2.43. The fourth-order valence-electron chi connectivity index (χ4n) is 4.07. The van der Waals surface area contributed by atoms with Crippen molar-refractivity contribution in [1.82, 2.24) is 20.4 Å². The third-order valence-corrected chi connectivity index (χ3v) is 6.11. The molecule has 2 heterocycles. The number of likely N-dealkylation sites (tertiary alicyclic amines) is 1. The molecule has 174 valence electrons. The second kappa shape index (κ2) is 10.8. The van der Waals surface area contributed by atoms with E-state index in [1.807, 2.05) is 50.2 Å². The van der Waals surface area contributed by atoms with Gasteiger partial charge in [0.2, 0.25) is 17.6 Å². The maximum atomic E-state index is 12.9. The van der Waals surface area contributed by atoms with Gasteiger partial charge in [0.05, 0.1) is 25.1 Å². The smallest absolute Gasteiger partial charge is 0.241 e. The summed E-state index contributed by atoms with van der Waals surface area (Å²) in [6, 6.07) is 15.1. The van der Waals surface area contributed by atoms with E-state index in [2.05, 4.69) is 20.4 Å². The lowest BCUT2D eigenvalue weighted by Gasteiger charge is -2.31. The standard InChI is InChI=1S/C25H29ClN4O3/c1-3-32-22-12-8-18(9-13-22)17(2)27-25(31)20-5-4-14-30(15-20)16-23-28-24(29-33-23)19-6-10-21(26)11-7-19/h6-13,17,20H,3-5,14-16H2,1-2H3,(H,27,31). The number of nitrogens with zero attached hydrogens (tertiary/aromatic N) is 3. The Bertz CT molecular complexity index is 1050. The van der Waals surface area contributed by atoms with Crippen molar-refractivity contribution in [1.29, 1.82) is 0 Å². The van der Waals surface area contributed by atoms with Gasteiger partial charge < -0.3 is 14.6 Å². The van der Waals surface area contributed by atoms with Gasteiger partial charge in [-0.1, -0.05) is 28.9 Å². The first-order chi connectivity index (χ1) is 16.0. The monoisotopic (exact) mass is 468 g/mol. The van der Waals surface area contributed by atoms with Crippen LogP contribution in [0.3, 0.4) is 0 Å². The lowest BCUT2D eigenvalue weighted by molar-refractivity contribution is -0.127. The molecule has 1 amide bonds. The number of nitrogens with one attached hydrogen (secondary N) is 1. The molecule has 0 aliphatic carbocycles. The minimum absolute atomic E-state index is 0.0671. The zero-order valence-electron chi connectivity index (χ0n) is 19.0. The van der Waals surface area contributed by atoms with Crippen LogP contribution < -0.4 is 10.1 Å². The molecule has 2 unspecified atom stereocenters. The Labute approximate surface area is 199 Å². The number of amides is 1. The molecule has 1 saturated heterocycles. The van der Waals surface area contributed by atoms with E-state index < -0.39 is 0 Å². The molecule has 1 aliphatic rings. The minimum Gasteiger partial charge on any atom is -0.494 e. The Morgan fingerprint density at radius 1 is 1.24 bits per heavy atom. The zero-order chi connectivity index (χ0) is 23.2. The summed E-state index contributed by atoms with van der Waals surface area (Å²) in [6.45, 7) is 6.69. The number of hydrogen-bond acceptors (Lipinski definition) is 6. The number of carbonyl (C=O) groups is 1. The summed E-state index contributed by atoms with van der Waals surface area (Å²) in [4.78, 5) is 19.7. The molecule has 1 aliphatic heterocycles. The molecular weight excluding hydrogens is 440 g/mol. The van der Waals surface area contributed by atoms with Crippen molar-refractivity contribution in [2.24, 2.45) is 5.92 Å². The second-order valence-electron chi connectivity index (χ2n) is 8.33. The van der Waals surface area contributed by atoms with E-state index in [9.17, 15) is 4.79 Å². The van der Waals surface area contributed by atoms with Crippen molar-refractivity contribution in [3.05, 3.63) is 65.0 Å². The summed E-state index contributed by atoms with van der Waals surface area (Å²) in [7, 11) is 0. The summed E-state index contributed by atoms with van der Waals surface area (Å²) in [5, 5.41) is 7.91. The normalized spacial score (nSPS) is 17.5. The number of piperidine rings is 1. The van der Waals surface area contributed by atoms with Crippen LogP contribution >= 0.6 is 11.6 Å². The second-order valence-corrected chi connectivity index (χ2v) is 8.76. The molecule has 2 aromatic carbocycles. The molecule has 1 aromatic heterocycles. The largest absolute Gasteiger partial charge is 0.494 e. The van der Waals surface area contributed by atoms with Crippen LogP contribution in [-0.4, -0.2) is 40.6 Å². The first kappa shape index (κ1) is 23.3. The molecule has 33 heavy (non-hydrogen) atoms. The molecule has 0 saturated carbocycles. The van der Waals surface area contributed by atoms with E-state index in [0.29, 0.717) is 36.4 Å². The predicted molar refractivity (Wildman–Crippen MR) is 127 cm³/mol. The SMILES string of the molecule is CCOc1ccc(C(C)NC(=O)C2CCCN(Cc3nc(-c4ccc(Cl)cc4)no3)C2)cc1. The highest BCUT2D eigenvalue weighted by atomic mass is 35.5. The summed E-state index contributed by atoms with van der Waals surface area (Å²) >= 11 is 5.95. The van der Waals surface area contributed by atoms with Gasteiger partial charge >= 0.3 is 0 Å². The Kier molecular flexibility index (Phi) is 7.62. The molecule has 4 rings (SSSR count). The fourth-order valence-corrected chi connectivity index (χ4v) is 4.20. The topological polar surface area (TPSA) is 80.5 Å². The van der Waals surface area contributed by atoms with Gasteiger partial charge in [0.25, 0.3) is 0 Å². The number of ether oxygens (including phenoxy) is 1. The van der Waals surface area contributed by atoms with E-state index in [1.54, 1.807) is 12.1 Å². The number of rotatable bonds is 8. The van der Waals surface area contributed by atoms with Crippen LogP contribution in [0, 0.1) is 5.92 Å². The van der Waals surface area contributed by atoms with Crippen LogP contribution in [0.2, 0.25) is 5.02 Å². The molecular formula is C25H29ClN4O3. The number of carbonyl (C=O) groups excluding carboxylic acids is 1. The highest BCUT2D eigenvalue weighted by Crippen LogP contribution is 2.23. The quantitative estimate of drug-likeness (QED) is 0.507. The van der Waals surface area contributed by atoms with Gasteiger partial charge in [-0.3, -0.25) is 9.69 Å². The van der Waals surface area contributed by atoms with Crippen molar-refractivity contribution in [2.45, 2.75) is 39.3 Å².